The van der Waals surface area contributed by atoms with Crippen molar-refractivity contribution in [3.63, 3.8) is 0 Å². The number of Topliss-reactive ketones (excluding diaryl/α,β-unsaturated/α-hetero) is 1. The highest BCUT2D eigenvalue weighted by Gasteiger charge is 2.50. The molecule has 5 rings (SSSR count). The monoisotopic (exact) mass is 457 g/mol. The Balaban J connectivity index is 1.25. The summed E-state index contributed by atoms with van der Waals surface area (Å²) in [6, 6.07) is 13.3. The number of carbonyl (C=O) groups excluding carboxylic acids is 2. The third-order valence-electron chi connectivity index (χ3n) is 7.40. The van der Waals surface area contributed by atoms with Crippen molar-refractivity contribution in [3.8, 4) is 0 Å². The third kappa shape index (κ3) is 3.90. The summed E-state index contributed by atoms with van der Waals surface area (Å²) in [5.74, 6) is -0.255. The Hall–Kier alpha value is -2.87. The number of likely N-dealkylation sites (tertiary alicyclic amines) is 1. The van der Waals surface area contributed by atoms with E-state index in [0.717, 1.165) is 17.8 Å². The van der Waals surface area contributed by atoms with Gasteiger partial charge in [0, 0.05) is 36.8 Å². The minimum absolute atomic E-state index is 0.0501. The van der Waals surface area contributed by atoms with Crippen LogP contribution >= 0.6 is 0 Å². The number of nitrogens with one attached hydrogen (secondary N) is 1. The van der Waals surface area contributed by atoms with Crippen LogP contribution in [0.5, 0.6) is 0 Å². The molecule has 1 aliphatic carbocycles. The largest absolute Gasteiger partial charge is 0.416 e. The lowest BCUT2D eigenvalue weighted by molar-refractivity contribution is -0.137. The zero-order valence-electron chi connectivity index (χ0n) is 18.2. The molecule has 2 fully saturated rings. The molecule has 2 aromatic rings. The second-order valence-electron chi connectivity index (χ2n) is 9.23. The molecule has 2 aromatic carbocycles. The quantitative estimate of drug-likeness (QED) is 0.760. The van der Waals surface area contributed by atoms with Crippen LogP contribution in [0, 0.1) is 5.92 Å². The number of nitrogens with zero attached hydrogens (tertiary/aromatic N) is 2. The van der Waals surface area contributed by atoms with E-state index in [1.54, 1.807) is 0 Å². The van der Waals surface area contributed by atoms with E-state index < -0.39 is 17.3 Å². The van der Waals surface area contributed by atoms with Crippen LogP contribution in [-0.2, 0) is 17.4 Å². The predicted molar refractivity (Wildman–Crippen MR) is 118 cm³/mol. The number of benzene rings is 2. The summed E-state index contributed by atoms with van der Waals surface area (Å²) < 4.78 is 39.0. The van der Waals surface area contributed by atoms with Gasteiger partial charge in [-0.3, -0.25) is 9.59 Å². The maximum atomic E-state index is 13.0. The van der Waals surface area contributed by atoms with E-state index in [4.69, 9.17) is 0 Å². The summed E-state index contributed by atoms with van der Waals surface area (Å²) in [6.45, 7) is 2.45. The molecule has 2 heterocycles. The number of para-hydroxylation sites is 1. The van der Waals surface area contributed by atoms with E-state index in [1.807, 2.05) is 30.3 Å². The third-order valence-corrected chi connectivity index (χ3v) is 7.40. The number of carbonyl (C=O) groups is 2. The van der Waals surface area contributed by atoms with Crippen LogP contribution in [-0.4, -0.2) is 48.4 Å². The van der Waals surface area contributed by atoms with Gasteiger partial charge in [-0.15, -0.1) is 0 Å². The van der Waals surface area contributed by atoms with Crippen molar-refractivity contribution in [3.05, 3.63) is 65.2 Å². The molecule has 3 aliphatic rings. The summed E-state index contributed by atoms with van der Waals surface area (Å²) in [6.07, 6.45) is -2.05. The molecule has 1 atom stereocenters. The van der Waals surface area contributed by atoms with Crippen LogP contribution in [0.25, 0.3) is 0 Å². The standard InChI is InChI=1S/C25H26F3N3O2/c26-25(27,28)19-8-9-21-17(14-19)6-7-18(22(21)32)15-30-12-10-24(11-13-30)23(33)29-16-31(24)20-4-2-1-3-5-20/h1-5,8-9,14,18H,6-7,10-13,15-16H2,(H,29,33). The number of fused-ring (bicyclic) bond motifs is 1. The van der Waals surface area contributed by atoms with Crippen molar-refractivity contribution in [1.82, 2.24) is 10.2 Å². The van der Waals surface area contributed by atoms with Gasteiger partial charge in [-0.1, -0.05) is 24.3 Å². The smallest absolute Gasteiger partial charge is 0.339 e. The summed E-state index contributed by atoms with van der Waals surface area (Å²) in [5.41, 5.74) is 0.644. The number of rotatable bonds is 3. The Bertz CT molecular complexity index is 1060. The molecule has 1 amide bonds. The van der Waals surface area contributed by atoms with Crippen molar-refractivity contribution < 1.29 is 22.8 Å². The summed E-state index contributed by atoms with van der Waals surface area (Å²) >= 11 is 0. The first-order valence-corrected chi connectivity index (χ1v) is 11.4. The molecule has 174 valence electrons. The molecule has 0 saturated carbocycles. The Morgan fingerprint density at radius 3 is 2.45 bits per heavy atom. The Kier molecular flexibility index (Phi) is 5.43. The van der Waals surface area contributed by atoms with Gasteiger partial charge in [0.1, 0.15) is 5.54 Å². The summed E-state index contributed by atoms with van der Waals surface area (Å²) in [4.78, 5) is 30.2. The number of aryl methyl sites for hydroxylation is 1. The molecule has 0 radical (unpaired) electrons. The van der Waals surface area contributed by atoms with Crippen molar-refractivity contribution in [2.24, 2.45) is 5.92 Å². The fourth-order valence-corrected chi connectivity index (χ4v) is 5.52. The van der Waals surface area contributed by atoms with Gasteiger partial charge in [0.25, 0.3) is 0 Å². The fourth-order valence-electron chi connectivity index (χ4n) is 5.52. The van der Waals surface area contributed by atoms with E-state index in [9.17, 15) is 22.8 Å². The van der Waals surface area contributed by atoms with E-state index in [0.29, 0.717) is 63.1 Å². The summed E-state index contributed by atoms with van der Waals surface area (Å²) in [5, 5.41) is 2.99. The number of amides is 1. The predicted octanol–water partition coefficient (Wildman–Crippen LogP) is 3.88. The SMILES string of the molecule is O=C1c2ccc(C(F)(F)F)cc2CCC1CN1CCC2(CC1)C(=O)NCN2c1ccccc1. The molecular weight excluding hydrogens is 431 g/mol. The van der Waals surface area contributed by atoms with E-state index >= 15 is 0 Å². The first-order valence-electron chi connectivity index (χ1n) is 11.4. The van der Waals surface area contributed by atoms with Gasteiger partial charge in [-0.2, -0.15) is 13.2 Å². The van der Waals surface area contributed by atoms with Crippen LogP contribution in [0.15, 0.2) is 48.5 Å². The number of piperidine rings is 1. The van der Waals surface area contributed by atoms with Gasteiger partial charge in [0.2, 0.25) is 5.91 Å². The second-order valence-corrected chi connectivity index (χ2v) is 9.23. The maximum Gasteiger partial charge on any atom is 0.416 e. The van der Waals surface area contributed by atoms with Crippen molar-refractivity contribution in [2.75, 3.05) is 31.2 Å². The summed E-state index contributed by atoms with van der Waals surface area (Å²) in [7, 11) is 0. The Morgan fingerprint density at radius 1 is 1.03 bits per heavy atom. The molecule has 2 saturated heterocycles. The highest BCUT2D eigenvalue weighted by Crippen LogP contribution is 2.38. The topological polar surface area (TPSA) is 52.7 Å². The van der Waals surface area contributed by atoms with Crippen molar-refractivity contribution in [1.29, 1.82) is 0 Å². The molecule has 2 aliphatic heterocycles. The lowest BCUT2D eigenvalue weighted by atomic mass is 9.80. The van der Waals surface area contributed by atoms with Gasteiger partial charge in [-0.25, -0.2) is 0 Å². The molecular formula is C25H26F3N3O2. The molecule has 8 heteroatoms. The highest BCUT2D eigenvalue weighted by atomic mass is 19.4. The second kappa shape index (κ2) is 8.17. The van der Waals surface area contributed by atoms with Gasteiger partial charge in [-0.05, 0) is 55.5 Å². The van der Waals surface area contributed by atoms with Gasteiger partial charge >= 0.3 is 6.18 Å². The van der Waals surface area contributed by atoms with Gasteiger partial charge in [0.15, 0.2) is 5.78 Å². The average Bonchev–Trinajstić information content (AvgIpc) is 3.12. The molecule has 0 aromatic heterocycles. The van der Waals surface area contributed by atoms with Crippen LogP contribution in [0.2, 0.25) is 0 Å². The number of ketones is 1. The van der Waals surface area contributed by atoms with E-state index in [2.05, 4.69) is 15.1 Å². The molecule has 1 N–H and O–H groups in total. The number of halogens is 3. The number of anilines is 1. The minimum Gasteiger partial charge on any atom is -0.339 e. The Labute approximate surface area is 190 Å². The van der Waals surface area contributed by atoms with Crippen LogP contribution in [0.4, 0.5) is 18.9 Å². The Morgan fingerprint density at radius 2 is 1.76 bits per heavy atom. The molecule has 5 nitrogen and oxygen atoms in total. The fraction of sp³-hybridized carbons (Fsp3) is 0.440. The lowest BCUT2D eigenvalue weighted by Crippen LogP contribution is -2.57. The first-order chi connectivity index (χ1) is 15.8. The zero-order valence-corrected chi connectivity index (χ0v) is 18.2. The molecule has 1 unspecified atom stereocenters. The zero-order chi connectivity index (χ0) is 23.2. The average molecular weight is 457 g/mol. The number of hydrogen-bond acceptors (Lipinski definition) is 4. The first kappa shape index (κ1) is 21.9. The van der Waals surface area contributed by atoms with Crippen LogP contribution in [0.3, 0.4) is 0 Å². The number of alkyl halides is 3. The normalized spacial score (nSPS) is 23.0. The van der Waals surface area contributed by atoms with Crippen molar-refractivity contribution in [2.45, 2.75) is 37.4 Å². The van der Waals surface area contributed by atoms with Crippen LogP contribution < -0.4 is 10.2 Å². The van der Waals surface area contributed by atoms with Crippen LogP contribution in [0.1, 0.15) is 40.7 Å². The minimum atomic E-state index is -4.40. The van der Waals surface area contributed by atoms with Gasteiger partial charge < -0.3 is 15.1 Å². The van der Waals surface area contributed by atoms with Gasteiger partial charge in [0.05, 0.1) is 12.2 Å². The van der Waals surface area contributed by atoms with E-state index in [-0.39, 0.29) is 17.6 Å². The number of hydrogen-bond donors (Lipinski definition) is 1. The van der Waals surface area contributed by atoms with E-state index in [1.165, 1.54) is 6.07 Å². The molecule has 0 bridgehead atoms. The lowest BCUT2D eigenvalue weighted by Gasteiger charge is -2.44. The van der Waals surface area contributed by atoms with Crippen molar-refractivity contribution >= 4 is 17.4 Å². The molecule has 1 spiro atoms. The maximum absolute atomic E-state index is 13.0. The highest BCUT2D eigenvalue weighted by molar-refractivity contribution is 6.00. The molecule has 33 heavy (non-hydrogen) atoms.